The topological polar surface area (TPSA) is 55.4 Å². The summed E-state index contributed by atoms with van der Waals surface area (Å²) in [5, 5.41) is 2.84. The molecule has 0 heterocycles. The van der Waals surface area contributed by atoms with E-state index in [2.05, 4.69) is 10.1 Å². The van der Waals surface area contributed by atoms with Gasteiger partial charge in [0.05, 0.1) is 12.7 Å². The summed E-state index contributed by atoms with van der Waals surface area (Å²) in [4.78, 5) is 23.4. The predicted octanol–water partition coefficient (Wildman–Crippen LogP) is 3.61. The van der Waals surface area contributed by atoms with E-state index in [0.29, 0.717) is 17.7 Å². The van der Waals surface area contributed by atoms with Gasteiger partial charge in [0.25, 0.3) is 0 Å². The van der Waals surface area contributed by atoms with Crippen molar-refractivity contribution in [2.45, 2.75) is 19.3 Å². The van der Waals surface area contributed by atoms with Crippen molar-refractivity contribution in [3.8, 4) is 0 Å². The number of methoxy groups -OCH3 is 1. The van der Waals surface area contributed by atoms with Gasteiger partial charge in [-0.05, 0) is 35.7 Å². The smallest absolute Gasteiger partial charge is 0.337 e. The molecule has 2 rings (SSSR count). The second-order valence-corrected chi connectivity index (χ2v) is 5.13. The van der Waals surface area contributed by atoms with Crippen LogP contribution in [0.15, 0.2) is 54.6 Å². The van der Waals surface area contributed by atoms with E-state index in [1.807, 2.05) is 37.3 Å². The summed E-state index contributed by atoms with van der Waals surface area (Å²) in [6.07, 6.45) is 0.406. The fraction of sp³-hybridized carbons (Fsp3) is 0.222. The molecule has 2 aromatic rings. The number of carbonyl (C=O) groups is 2. The van der Waals surface area contributed by atoms with Crippen LogP contribution in [0.5, 0.6) is 0 Å². The molecule has 0 aliphatic rings. The van der Waals surface area contributed by atoms with E-state index >= 15 is 0 Å². The maximum Gasteiger partial charge on any atom is 0.337 e. The minimum absolute atomic E-state index is 0.0535. The first-order valence-corrected chi connectivity index (χ1v) is 7.13. The first-order valence-electron chi connectivity index (χ1n) is 7.13. The van der Waals surface area contributed by atoms with Crippen LogP contribution in [0.2, 0.25) is 0 Å². The Morgan fingerprint density at radius 1 is 1.05 bits per heavy atom. The molecular formula is C18H19NO3. The molecule has 2 aromatic carbocycles. The van der Waals surface area contributed by atoms with Crippen molar-refractivity contribution in [3.63, 3.8) is 0 Å². The van der Waals surface area contributed by atoms with Crippen LogP contribution in [0.4, 0.5) is 5.69 Å². The van der Waals surface area contributed by atoms with Crippen molar-refractivity contribution in [2.24, 2.45) is 0 Å². The Morgan fingerprint density at radius 2 is 1.68 bits per heavy atom. The monoisotopic (exact) mass is 297 g/mol. The number of nitrogens with one attached hydrogen (secondary N) is 1. The van der Waals surface area contributed by atoms with Gasteiger partial charge in [0.1, 0.15) is 0 Å². The third-order valence-electron chi connectivity index (χ3n) is 3.45. The van der Waals surface area contributed by atoms with Crippen LogP contribution in [0, 0.1) is 0 Å². The molecule has 0 radical (unpaired) electrons. The Morgan fingerprint density at radius 3 is 2.27 bits per heavy atom. The van der Waals surface area contributed by atoms with Crippen molar-refractivity contribution in [1.82, 2.24) is 0 Å². The second-order valence-electron chi connectivity index (χ2n) is 5.13. The SMILES string of the molecule is COC(=O)c1ccc(NC(=O)C[C@@H](C)c2ccccc2)cc1. The van der Waals surface area contributed by atoms with E-state index in [1.54, 1.807) is 24.3 Å². The van der Waals surface area contributed by atoms with Gasteiger partial charge in [0.15, 0.2) is 0 Å². The fourth-order valence-corrected chi connectivity index (χ4v) is 2.20. The van der Waals surface area contributed by atoms with Gasteiger partial charge in [-0.25, -0.2) is 4.79 Å². The Kier molecular flexibility index (Phi) is 5.31. The van der Waals surface area contributed by atoms with Crippen LogP contribution in [-0.4, -0.2) is 19.0 Å². The lowest BCUT2D eigenvalue weighted by molar-refractivity contribution is -0.116. The molecule has 22 heavy (non-hydrogen) atoms. The lowest BCUT2D eigenvalue weighted by atomic mass is 9.97. The molecule has 1 atom stereocenters. The van der Waals surface area contributed by atoms with Crippen LogP contribution in [0.1, 0.15) is 35.2 Å². The molecule has 0 saturated heterocycles. The molecule has 0 unspecified atom stereocenters. The van der Waals surface area contributed by atoms with Gasteiger partial charge in [-0.2, -0.15) is 0 Å². The van der Waals surface area contributed by atoms with Gasteiger partial charge in [0.2, 0.25) is 5.91 Å². The highest BCUT2D eigenvalue weighted by molar-refractivity contribution is 5.93. The first kappa shape index (κ1) is 15.8. The summed E-state index contributed by atoms with van der Waals surface area (Å²) in [5.41, 5.74) is 2.26. The number of benzene rings is 2. The van der Waals surface area contributed by atoms with Crippen LogP contribution in [-0.2, 0) is 9.53 Å². The summed E-state index contributed by atoms with van der Waals surface area (Å²) in [6.45, 7) is 2.02. The van der Waals surface area contributed by atoms with E-state index in [4.69, 9.17) is 0 Å². The van der Waals surface area contributed by atoms with Gasteiger partial charge in [-0.3, -0.25) is 4.79 Å². The number of esters is 1. The molecular weight excluding hydrogens is 278 g/mol. The predicted molar refractivity (Wildman–Crippen MR) is 85.9 cm³/mol. The standard InChI is InChI=1S/C18H19NO3/c1-13(14-6-4-3-5-7-14)12-17(20)19-16-10-8-15(9-11-16)18(21)22-2/h3-11,13H,12H2,1-2H3,(H,19,20)/t13-/m1/s1. The number of carbonyl (C=O) groups excluding carboxylic acids is 2. The van der Waals surface area contributed by atoms with Crippen molar-refractivity contribution >= 4 is 17.6 Å². The summed E-state index contributed by atoms with van der Waals surface area (Å²) in [6, 6.07) is 16.6. The van der Waals surface area contributed by atoms with Crippen LogP contribution in [0.25, 0.3) is 0 Å². The highest BCUT2D eigenvalue weighted by Crippen LogP contribution is 2.19. The maximum absolute atomic E-state index is 12.1. The van der Waals surface area contributed by atoms with Crippen molar-refractivity contribution in [2.75, 3.05) is 12.4 Å². The Hall–Kier alpha value is -2.62. The second kappa shape index (κ2) is 7.41. The first-order chi connectivity index (χ1) is 10.6. The molecule has 0 fully saturated rings. The summed E-state index contributed by atoms with van der Waals surface area (Å²) in [5.74, 6) is -0.298. The van der Waals surface area contributed by atoms with Crippen molar-refractivity contribution < 1.29 is 14.3 Å². The lowest BCUT2D eigenvalue weighted by Crippen LogP contribution is -2.14. The zero-order valence-electron chi connectivity index (χ0n) is 12.7. The Bertz CT molecular complexity index is 635. The van der Waals surface area contributed by atoms with Gasteiger partial charge in [0, 0.05) is 12.1 Å². The minimum atomic E-state index is -0.393. The number of hydrogen-bond donors (Lipinski definition) is 1. The fourth-order valence-electron chi connectivity index (χ4n) is 2.20. The third-order valence-corrected chi connectivity index (χ3v) is 3.45. The lowest BCUT2D eigenvalue weighted by Gasteiger charge is -2.12. The molecule has 0 aliphatic carbocycles. The molecule has 0 aliphatic heterocycles. The largest absolute Gasteiger partial charge is 0.465 e. The number of hydrogen-bond acceptors (Lipinski definition) is 3. The van der Waals surface area contributed by atoms with Crippen molar-refractivity contribution in [1.29, 1.82) is 0 Å². The summed E-state index contributed by atoms with van der Waals surface area (Å²) < 4.78 is 4.63. The van der Waals surface area contributed by atoms with Gasteiger partial charge >= 0.3 is 5.97 Å². The van der Waals surface area contributed by atoms with E-state index in [0.717, 1.165) is 5.56 Å². The van der Waals surface area contributed by atoms with E-state index < -0.39 is 5.97 Å². The minimum Gasteiger partial charge on any atom is -0.465 e. The highest BCUT2D eigenvalue weighted by Gasteiger charge is 2.11. The molecule has 1 amide bonds. The van der Waals surface area contributed by atoms with Gasteiger partial charge in [-0.15, -0.1) is 0 Å². The molecule has 1 N–H and O–H groups in total. The highest BCUT2D eigenvalue weighted by atomic mass is 16.5. The maximum atomic E-state index is 12.1. The van der Waals surface area contributed by atoms with Crippen LogP contribution >= 0.6 is 0 Å². The zero-order chi connectivity index (χ0) is 15.9. The normalized spacial score (nSPS) is 11.5. The van der Waals surface area contributed by atoms with Gasteiger partial charge in [-0.1, -0.05) is 37.3 Å². The number of anilines is 1. The number of ether oxygens (including phenoxy) is 1. The average Bonchev–Trinajstić information content (AvgIpc) is 2.55. The Labute approximate surface area is 130 Å². The molecule has 4 heteroatoms. The van der Waals surface area contributed by atoms with Crippen molar-refractivity contribution in [3.05, 3.63) is 65.7 Å². The Balaban J connectivity index is 1.93. The summed E-state index contributed by atoms with van der Waals surface area (Å²) >= 11 is 0. The molecule has 0 spiro atoms. The quantitative estimate of drug-likeness (QED) is 0.858. The van der Waals surface area contributed by atoms with Gasteiger partial charge < -0.3 is 10.1 Å². The molecule has 114 valence electrons. The molecule has 0 bridgehead atoms. The number of rotatable bonds is 5. The van der Waals surface area contributed by atoms with Crippen LogP contribution in [0.3, 0.4) is 0 Å². The van der Waals surface area contributed by atoms with Crippen LogP contribution < -0.4 is 5.32 Å². The van der Waals surface area contributed by atoms with E-state index in [-0.39, 0.29) is 11.8 Å². The third kappa shape index (κ3) is 4.19. The average molecular weight is 297 g/mol. The zero-order valence-corrected chi connectivity index (χ0v) is 12.7. The molecule has 4 nitrogen and oxygen atoms in total. The molecule has 0 aromatic heterocycles. The molecule has 0 saturated carbocycles. The van der Waals surface area contributed by atoms with E-state index in [1.165, 1.54) is 7.11 Å². The summed E-state index contributed by atoms with van der Waals surface area (Å²) in [7, 11) is 1.34. The number of amides is 1. The van der Waals surface area contributed by atoms with E-state index in [9.17, 15) is 9.59 Å².